The van der Waals surface area contributed by atoms with Crippen molar-refractivity contribution in [3.8, 4) is 23.0 Å². The molecular formula is C15H20O10. The van der Waals surface area contributed by atoms with Crippen LogP contribution in [0, 0.1) is 6.92 Å². The fourth-order valence-corrected chi connectivity index (χ4v) is 2.53. The monoisotopic (exact) mass is 360 g/mol. The van der Waals surface area contributed by atoms with Gasteiger partial charge in [0.1, 0.15) is 35.7 Å². The van der Waals surface area contributed by atoms with Crippen molar-refractivity contribution in [1.82, 2.24) is 0 Å². The van der Waals surface area contributed by atoms with Gasteiger partial charge in [-0.1, -0.05) is 0 Å². The average Bonchev–Trinajstić information content (AvgIpc) is 2.56. The molecule has 0 radical (unpaired) electrons. The molecule has 0 spiro atoms. The highest BCUT2D eigenvalue weighted by molar-refractivity contribution is 6.01. The highest BCUT2D eigenvalue weighted by Gasteiger charge is 2.45. The smallest absolute Gasteiger partial charge is 0.229 e. The number of phenolic OH excluding ortho intramolecular Hbond substituents is 3. The summed E-state index contributed by atoms with van der Waals surface area (Å²) in [5, 5.41) is 68.6. The van der Waals surface area contributed by atoms with Gasteiger partial charge in [0.15, 0.2) is 17.3 Å². The lowest BCUT2D eigenvalue weighted by Gasteiger charge is -2.39. The van der Waals surface area contributed by atoms with Crippen LogP contribution in [0.4, 0.5) is 0 Å². The number of hydrogen-bond donors (Lipinski definition) is 7. The van der Waals surface area contributed by atoms with Gasteiger partial charge in [0.05, 0.1) is 6.61 Å². The highest BCUT2D eigenvalue weighted by Crippen LogP contribution is 2.48. The summed E-state index contributed by atoms with van der Waals surface area (Å²) in [6.45, 7) is 1.63. The summed E-state index contributed by atoms with van der Waals surface area (Å²) >= 11 is 0. The van der Waals surface area contributed by atoms with Crippen LogP contribution in [0.2, 0.25) is 0 Å². The Balaban J connectivity index is 2.44. The number of aromatic hydroxyl groups is 3. The molecule has 1 aromatic rings. The topological polar surface area (TPSA) is 177 Å². The molecule has 5 atom stereocenters. The van der Waals surface area contributed by atoms with Crippen LogP contribution in [0.1, 0.15) is 22.8 Å². The number of aliphatic hydroxyl groups is 4. The van der Waals surface area contributed by atoms with Gasteiger partial charge in [-0.05, 0) is 13.8 Å². The molecule has 0 aromatic heterocycles. The minimum absolute atomic E-state index is 0.164. The first kappa shape index (κ1) is 19.2. The fourth-order valence-electron chi connectivity index (χ4n) is 2.53. The van der Waals surface area contributed by atoms with E-state index in [1.807, 2.05) is 0 Å². The summed E-state index contributed by atoms with van der Waals surface area (Å²) in [6.07, 6.45) is -8.08. The molecule has 0 unspecified atom stereocenters. The van der Waals surface area contributed by atoms with E-state index in [4.69, 9.17) is 14.6 Å². The van der Waals surface area contributed by atoms with Crippen molar-refractivity contribution in [2.24, 2.45) is 0 Å². The molecule has 2 rings (SSSR count). The first-order valence-electron chi connectivity index (χ1n) is 7.37. The van der Waals surface area contributed by atoms with E-state index < -0.39 is 71.7 Å². The molecule has 0 aliphatic carbocycles. The zero-order valence-corrected chi connectivity index (χ0v) is 13.4. The number of rotatable bonds is 4. The Morgan fingerprint density at radius 3 is 2.16 bits per heavy atom. The third-order valence-corrected chi connectivity index (χ3v) is 4.05. The molecule has 1 aliphatic rings. The van der Waals surface area contributed by atoms with Crippen LogP contribution in [0.25, 0.3) is 0 Å². The first-order valence-corrected chi connectivity index (χ1v) is 7.37. The molecule has 7 N–H and O–H groups in total. The summed E-state index contributed by atoms with van der Waals surface area (Å²) < 4.78 is 10.3. The number of Topliss-reactive ketones (excluding diaryl/α,β-unsaturated/α-hetero) is 1. The zero-order valence-electron chi connectivity index (χ0n) is 13.4. The Kier molecular flexibility index (Phi) is 5.40. The standard InChI is InChI=1S/C15H20O10/c1-4-8(18)7(5(2)17)11(21)14(9(4)19)25-15-13(23)12(22)10(20)6(3-16)24-15/h6,10,12-13,15-16,18-23H,3H2,1-2H3/t6-,10-,12+,13-,15+/m1/s1. The second-order valence-electron chi connectivity index (χ2n) is 5.75. The number of benzene rings is 1. The normalized spacial score (nSPS) is 29.4. The van der Waals surface area contributed by atoms with Crippen LogP contribution in [-0.4, -0.2) is 78.8 Å². The summed E-state index contributed by atoms with van der Waals surface area (Å²) in [7, 11) is 0. The summed E-state index contributed by atoms with van der Waals surface area (Å²) in [5.41, 5.74) is -0.669. The highest BCUT2D eigenvalue weighted by atomic mass is 16.7. The largest absolute Gasteiger partial charge is 0.507 e. The third-order valence-electron chi connectivity index (χ3n) is 4.05. The first-order chi connectivity index (χ1) is 11.6. The number of carbonyl (C=O) groups is 1. The van der Waals surface area contributed by atoms with E-state index in [9.17, 15) is 35.4 Å². The molecule has 10 nitrogen and oxygen atoms in total. The summed E-state index contributed by atoms with van der Waals surface area (Å²) in [4.78, 5) is 11.6. The van der Waals surface area contributed by atoms with Crippen molar-refractivity contribution >= 4 is 5.78 Å². The average molecular weight is 360 g/mol. The van der Waals surface area contributed by atoms with E-state index in [0.717, 1.165) is 6.92 Å². The molecule has 10 heteroatoms. The SMILES string of the molecule is CC(=O)c1c(O)c(C)c(O)c(O[C@@H]2O[C@H](CO)[C@@H](O)[C@H](O)[C@H]2O)c1O. The van der Waals surface area contributed by atoms with Gasteiger partial charge in [-0.25, -0.2) is 0 Å². The molecule has 1 saturated heterocycles. The molecule has 25 heavy (non-hydrogen) atoms. The van der Waals surface area contributed by atoms with Crippen LogP contribution in [0.5, 0.6) is 23.0 Å². The molecule has 1 aliphatic heterocycles. The van der Waals surface area contributed by atoms with Crippen LogP contribution >= 0.6 is 0 Å². The number of phenols is 3. The lowest BCUT2D eigenvalue weighted by atomic mass is 9.99. The van der Waals surface area contributed by atoms with Crippen LogP contribution in [0.3, 0.4) is 0 Å². The predicted octanol–water partition coefficient (Wildman–Crippen LogP) is -1.51. The van der Waals surface area contributed by atoms with Crippen molar-refractivity contribution in [3.63, 3.8) is 0 Å². The molecule has 1 heterocycles. The number of aliphatic hydroxyl groups excluding tert-OH is 4. The number of carbonyl (C=O) groups excluding carboxylic acids is 1. The van der Waals surface area contributed by atoms with Gasteiger partial charge in [0.2, 0.25) is 12.0 Å². The zero-order chi connectivity index (χ0) is 19.0. The maximum Gasteiger partial charge on any atom is 0.229 e. The number of ketones is 1. The second-order valence-corrected chi connectivity index (χ2v) is 5.75. The third kappa shape index (κ3) is 3.22. The minimum atomic E-state index is -1.79. The van der Waals surface area contributed by atoms with Crippen molar-refractivity contribution in [3.05, 3.63) is 11.1 Å². The second kappa shape index (κ2) is 7.02. The fraction of sp³-hybridized carbons (Fsp3) is 0.533. The molecule has 0 saturated carbocycles. The molecule has 0 bridgehead atoms. The van der Waals surface area contributed by atoms with Gasteiger partial charge >= 0.3 is 0 Å². The molecule has 1 fully saturated rings. The predicted molar refractivity (Wildman–Crippen MR) is 80.6 cm³/mol. The Morgan fingerprint density at radius 2 is 1.64 bits per heavy atom. The van der Waals surface area contributed by atoms with Gasteiger partial charge in [-0.15, -0.1) is 0 Å². The van der Waals surface area contributed by atoms with E-state index in [1.165, 1.54) is 6.92 Å². The van der Waals surface area contributed by atoms with Crippen LogP contribution in [0.15, 0.2) is 0 Å². The lowest BCUT2D eigenvalue weighted by molar-refractivity contribution is -0.277. The maximum absolute atomic E-state index is 11.6. The Bertz CT molecular complexity index is 671. The van der Waals surface area contributed by atoms with E-state index in [-0.39, 0.29) is 5.56 Å². The van der Waals surface area contributed by atoms with Gasteiger partial charge < -0.3 is 45.2 Å². The lowest BCUT2D eigenvalue weighted by Crippen LogP contribution is -2.60. The van der Waals surface area contributed by atoms with Crippen molar-refractivity contribution in [2.45, 2.75) is 44.6 Å². The molecular weight excluding hydrogens is 340 g/mol. The molecule has 1 aromatic carbocycles. The van der Waals surface area contributed by atoms with Gasteiger partial charge in [-0.3, -0.25) is 4.79 Å². The van der Waals surface area contributed by atoms with Crippen molar-refractivity contribution in [1.29, 1.82) is 0 Å². The quantitative estimate of drug-likeness (QED) is 0.312. The van der Waals surface area contributed by atoms with E-state index >= 15 is 0 Å². The van der Waals surface area contributed by atoms with Gasteiger partial charge in [0, 0.05) is 5.56 Å². The summed E-state index contributed by atoms with van der Waals surface area (Å²) in [6, 6.07) is 0. The van der Waals surface area contributed by atoms with E-state index in [2.05, 4.69) is 0 Å². The van der Waals surface area contributed by atoms with Crippen molar-refractivity contribution in [2.75, 3.05) is 6.61 Å². The van der Waals surface area contributed by atoms with E-state index in [0.29, 0.717) is 0 Å². The Hall–Kier alpha value is -2.11. The van der Waals surface area contributed by atoms with Gasteiger partial charge in [0.25, 0.3) is 0 Å². The molecule has 0 amide bonds. The Labute approximate surface area is 142 Å². The Morgan fingerprint density at radius 1 is 1.04 bits per heavy atom. The maximum atomic E-state index is 11.6. The van der Waals surface area contributed by atoms with Crippen molar-refractivity contribution < 1.29 is 50.0 Å². The van der Waals surface area contributed by atoms with E-state index in [1.54, 1.807) is 0 Å². The number of ether oxygens (including phenoxy) is 2. The summed E-state index contributed by atoms with van der Waals surface area (Å²) in [5.74, 6) is -3.60. The van der Waals surface area contributed by atoms with Crippen LogP contribution < -0.4 is 4.74 Å². The number of hydrogen-bond acceptors (Lipinski definition) is 10. The van der Waals surface area contributed by atoms with Gasteiger partial charge in [-0.2, -0.15) is 0 Å². The minimum Gasteiger partial charge on any atom is -0.507 e. The molecule has 140 valence electrons. The van der Waals surface area contributed by atoms with Crippen LogP contribution in [-0.2, 0) is 4.74 Å².